The first-order valence-electron chi connectivity index (χ1n) is 6.67. The smallest absolute Gasteiger partial charge is 0.245 e. The van der Waals surface area contributed by atoms with E-state index in [-0.39, 0.29) is 5.91 Å². The minimum absolute atomic E-state index is 0.316. The lowest BCUT2D eigenvalue weighted by Gasteiger charge is -2.29. The maximum Gasteiger partial charge on any atom is 0.245 e. The highest BCUT2D eigenvalue weighted by Crippen LogP contribution is 2.32. The normalized spacial score (nSPS) is 16.6. The van der Waals surface area contributed by atoms with Crippen LogP contribution in [0.2, 0.25) is 0 Å². The summed E-state index contributed by atoms with van der Waals surface area (Å²) in [4.78, 5) is 12.4. The molecule has 0 aliphatic carbocycles. The molecular formula is C15H18N2O4. The lowest BCUT2D eigenvalue weighted by Crippen LogP contribution is -2.39. The minimum atomic E-state index is -1.03. The van der Waals surface area contributed by atoms with E-state index in [0.29, 0.717) is 43.2 Å². The molecule has 1 aromatic rings. The number of benzene rings is 1. The quantitative estimate of drug-likeness (QED) is 0.916. The molecule has 0 aromatic heterocycles. The Kier molecular flexibility index (Phi) is 4.66. The second-order valence-corrected chi connectivity index (χ2v) is 4.86. The van der Waals surface area contributed by atoms with Crippen LogP contribution in [0.25, 0.3) is 0 Å². The molecule has 0 spiro atoms. The average molecular weight is 290 g/mol. The molecule has 1 aliphatic heterocycles. The van der Waals surface area contributed by atoms with Gasteiger partial charge in [-0.2, -0.15) is 5.26 Å². The fourth-order valence-electron chi connectivity index (χ4n) is 2.24. The molecule has 1 amide bonds. The van der Waals surface area contributed by atoms with Crippen LogP contribution >= 0.6 is 0 Å². The van der Waals surface area contributed by atoms with E-state index in [0.717, 1.165) is 0 Å². The molecule has 21 heavy (non-hydrogen) atoms. The molecule has 0 atom stereocenters. The van der Waals surface area contributed by atoms with Crippen LogP contribution in [-0.2, 0) is 9.53 Å². The van der Waals surface area contributed by atoms with Gasteiger partial charge in [-0.15, -0.1) is 0 Å². The Labute approximate surface area is 123 Å². The average Bonchev–Trinajstić information content (AvgIpc) is 2.54. The molecule has 1 saturated heterocycles. The Morgan fingerprint density at radius 3 is 2.29 bits per heavy atom. The number of ether oxygens (including phenoxy) is 3. The van der Waals surface area contributed by atoms with Crippen LogP contribution in [0.5, 0.6) is 11.5 Å². The summed E-state index contributed by atoms with van der Waals surface area (Å²) in [6.07, 6.45) is 0.798. The Morgan fingerprint density at radius 1 is 1.24 bits per heavy atom. The first-order chi connectivity index (χ1) is 10.1. The maximum atomic E-state index is 12.4. The summed E-state index contributed by atoms with van der Waals surface area (Å²) >= 11 is 0. The van der Waals surface area contributed by atoms with Gasteiger partial charge in [0.05, 0.1) is 20.3 Å². The lowest BCUT2D eigenvalue weighted by molar-refractivity contribution is -0.126. The maximum absolute atomic E-state index is 12.4. The number of nitrogens with one attached hydrogen (secondary N) is 1. The van der Waals surface area contributed by atoms with Crippen LogP contribution in [0.3, 0.4) is 0 Å². The molecule has 1 aromatic carbocycles. The van der Waals surface area contributed by atoms with Crippen LogP contribution in [0.4, 0.5) is 5.69 Å². The molecule has 1 N–H and O–H groups in total. The van der Waals surface area contributed by atoms with Gasteiger partial charge in [0.15, 0.2) is 0 Å². The summed E-state index contributed by atoms with van der Waals surface area (Å²) in [5.74, 6) is 0.828. The van der Waals surface area contributed by atoms with E-state index in [9.17, 15) is 10.1 Å². The van der Waals surface area contributed by atoms with E-state index < -0.39 is 5.41 Å². The number of hydrogen-bond donors (Lipinski definition) is 1. The van der Waals surface area contributed by atoms with Crippen LogP contribution in [0.1, 0.15) is 12.8 Å². The van der Waals surface area contributed by atoms with Gasteiger partial charge in [0.2, 0.25) is 5.91 Å². The summed E-state index contributed by atoms with van der Waals surface area (Å²) in [7, 11) is 3.07. The van der Waals surface area contributed by atoms with E-state index in [1.54, 1.807) is 18.2 Å². The van der Waals surface area contributed by atoms with Gasteiger partial charge in [-0.25, -0.2) is 0 Å². The molecule has 0 radical (unpaired) electrons. The number of rotatable bonds is 4. The second kappa shape index (κ2) is 6.46. The molecule has 1 heterocycles. The third-order valence-corrected chi connectivity index (χ3v) is 3.60. The number of carbonyl (C=O) groups is 1. The summed E-state index contributed by atoms with van der Waals surface area (Å²) in [5.41, 5.74) is -0.494. The van der Waals surface area contributed by atoms with Crippen LogP contribution in [0, 0.1) is 16.7 Å². The second-order valence-electron chi connectivity index (χ2n) is 4.86. The highest BCUT2D eigenvalue weighted by Gasteiger charge is 2.40. The zero-order valence-electron chi connectivity index (χ0n) is 12.1. The van der Waals surface area contributed by atoms with Gasteiger partial charge in [0, 0.05) is 37.1 Å². The van der Waals surface area contributed by atoms with E-state index in [1.807, 2.05) is 0 Å². The van der Waals surface area contributed by atoms with Crippen molar-refractivity contribution < 1.29 is 19.0 Å². The zero-order chi connectivity index (χ0) is 15.3. The van der Waals surface area contributed by atoms with Gasteiger partial charge in [-0.05, 0) is 12.8 Å². The van der Waals surface area contributed by atoms with Crippen molar-refractivity contribution in [2.75, 3.05) is 32.8 Å². The molecule has 6 heteroatoms. The van der Waals surface area contributed by atoms with E-state index in [4.69, 9.17) is 14.2 Å². The lowest BCUT2D eigenvalue weighted by atomic mass is 9.81. The summed E-state index contributed by atoms with van der Waals surface area (Å²) in [6.45, 7) is 0.838. The number of carbonyl (C=O) groups excluding carboxylic acids is 1. The van der Waals surface area contributed by atoms with Crippen molar-refractivity contribution in [3.63, 3.8) is 0 Å². The van der Waals surface area contributed by atoms with Crippen molar-refractivity contribution in [1.82, 2.24) is 0 Å². The van der Waals surface area contributed by atoms with Crippen LogP contribution in [0.15, 0.2) is 18.2 Å². The SMILES string of the molecule is COc1cc(NC(=O)C2(C#N)CCOCC2)cc(OC)c1. The number of methoxy groups -OCH3 is 2. The molecule has 0 saturated carbocycles. The molecule has 6 nitrogen and oxygen atoms in total. The Morgan fingerprint density at radius 2 is 1.81 bits per heavy atom. The number of hydrogen-bond acceptors (Lipinski definition) is 5. The molecule has 1 aliphatic rings. The molecule has 0 bridgehead atoms. The number of nitriles is 1. The highest BCUT2D eigenvalue weighted by atomic mass is 16.5. The predicted molar refractivity (Wildman–Crippen MR) is 76.3 cm³/mol. The van der Waals surface area contributed by atoms with Crippen molar-refractivity contribution in [2.24, 2.45) is 5.41 Å². The van der Waals surface area contributed by atoms with Crippen molar-refractivity contribution in [3.05, 3.63) is 18.2 Å². The Hall–Kier alpha value is -2.26. The van der Waals surface area contributed by atoms with Gasteiger partial charge in [0.1, 0.15) is 16.9 Å². The molecular weight excluding hydrogens is 272 g/mol. The fraction of sp³-hybridized carbons (Fsp3) is 0.467. The van der Waals surface area contributed by atoms with Gasteiger partial charge in [0.25, 0.3) is 0 Å². The number of amides is 1. The van der Waals surface area contributed by atoms with Crippen molar-refractivity contribution in [3.8, 4) is 17.6 Å². The third-order valence-electron chi connectivity index (χ3n) is 3.60. The summed E-state index contributed by atoms with van der Waals surface area (Å²) in [6, 6.07) is 7.22. The number of anilines is 1. The monoisotopic (exact) mass is 290 g/mol. The molecule has 2 rings (SSSR count). The topological polar surface area (TPSA) is 80.6 Å². The van der Waals surface area contributed by atoms with Gasteiger partial charge >= 0.3 is 0 Å². The van der Waals surface area contributed by atoms with Crippen molar-refractivity contribution in [2.45, 2.75) is 12.8 Å². The molecule has 112 valence electrons. The van der Waals surface area contributed by atoms with E-state index >= 15 is 0 Å². The molecule has 1 fully saturated rings. The van der Waals surface area contributed by atoms with Gasteiger partial charge in [-0.3, -0.25) is 4.79 Å². The third kappa shape index (κ3) is 3.26. The zero-order valence-corrected chi connectivity index (χ0v) is 12.1. The van der Waals surface area contributed by atoms with Gasteiger partial charge in [-0.1, -0.05) is 0 Å². The first kappa shape index (κ1) is 15.1. The van der Waals surface area contributed by atoms with Crippen molar-refractivity contribution in [1.29, 1.82) is 5.26 Å². The van der Waals surface area contributed by atoms with E-state index in [2.05, 4.69) is 11.4 Å². The predicted octanol–water partition coefficient (Wildman–Crippen LogP) is 1.96. The Balaban J connectivity index is 2.20. The van der Waals surface area contributed by atoms with Crippen LogP contribution in [-0.4, -0.2) is 33.3 Å². The Bertz CT molecular complexity index is 537. The minimum Gasteiger partial charge on any atom is -0.497 e. The van der Waals surface area contributed by atoms with Crippen LogP contribution < -0.4 is 14.8 Å². The van der Waals surface area contributed by atoms with E-state index in [1.165, 1.54) is 14.2 Å². The highest BCUT2D eigenvalue weighted by molar-refractivity contribution is 5.97. The van der Waals surface area contributed by atoms with Gasteiger partial charge < -0.3 is 19.5 Å². The summed E-state index contributed by atoms with van der Waals surface area (Å²) in [5, 5.41) is 12.2. The largest absolute Gasteiger partial charge is 0.497 e. The standard InChI is InChI=1S/C15H18N2O4/c1-19-12-7-11(8-13(9-12)20-2)17-14(18)15(10-16)3-5-21-6-4-15/h7-9H,3-6H2,1-2H3,(H,17,18). The van der Waals surface area contributed by atoms with Crippen molar-refractivity contribution >= 4 is 11.6 Å². The fourth-order valence-corrected chi connectivity index (χ4v) is 2.24. The first-order valence-corrected chi connectivity index (χ1v) is 6.67. The number of nitrogens with zero attached hydrogens (tertiary/aromatic N) is 1. The summed E-state index contributed by atoms with van der Waals surface area (Å²) < 4.78 is 15.5. The molecule has 0 unspecified atom stereocenters.